The molecule has 2 aromatic carbocycles. The van der Waals surface area contributed by atoms with Gasteiger partial charge in [0, 0.05) is 39.8 Å². The van der Waals surface area contributed by atoms with Crippen LogP contribution in [0.4, 0.5) is 8.78 Å². The van der Waals surface area contributed by atoms with E-state index in [1.165, 1.54) is 11.0 Å². The topological polar surface area (TPSA) is 56.7 Å². The second-order valence-corrected chi connectivity index (χ2v) is 6.21. The van der Waals surface area contributed by atoms with Crippen molar-refractivity contribution in [3.05, 3.63) is 70.8 Å². The van der Waals surface area contributed by atoms with Gasteiger partial charge in [-0.05, 0) is 35.7 Å². The maximum atomic E-state index is 13.6. The summed E-state index contributed by atoms with van der Waals surface area (Å²) in [7, 11) is 5.06. The first-order chi connectivity index (χ1) is 12.9. The number of amides is 1. The molecule has 0 bridgehead atoms. The molecule has 0 fully saturated rings. The third-order valence-electron chi connectivity index (χ3n) is 4.01. The monoisotopic (exact) mass is 502 g/mol. The van der Waals surface area contributed by atoms with Crippen molar-refractivity contribution >= 4 is 35.8 Å². The van der Waals surface area contributed by atoms with E-state index in [0.717, 1.165) is 11.6 Å². The minimum atomic E-state index is -0.841. The molecule has 0 aliphatic heterocycles. The zero-order valence-corrected chi connectivity index (χ0v) is 18.5. The number of carbonyl (C=O) groups excluding carboxylic acids is 1. The lowest BCUT2D eigenvalue weighted by atomic mass is 10.1. The second kappa shape index (κ2) is 11.6. The highest BCUT2D eigenvalue weighted by Gasteiger charge is 2.08. The Labute approximate surface area is 181 Å². The van der Waals surface area contributed by atoms with Crippen LogP contribution in [0.3, 0.4) is 0 Å². The lowest BCUT2D eigenvalue weighted by molar-refractivity contribution is 0.0827. The number of carbonyl (C=O) groups is 1. The minimum absolute atomic E-state index is 0. The first-order valence-corrected chi connectivity index (χ1v) is 8.60. The molecule has 152 valence electrons. The van der Waals surface area contributed by atoms with E-state index in [1.54, 1.807) is 39.3 Å². The van der Waals surface area contributed by atoms with Gasteiger partial charge in [0.1, 0.15) is 0 Å². The molecular weight excluding hydrogens is 477 g/mol. The molecule has 0 radical (unpaired) electrons. The van der Waals surface area contributed by atoms with E-state index < -0.39 is 11.6 Å². The van der Waals surface area contributed by atoms with E-state index >= 15 is 0 Å². The van der Waals surface area contributed by atoms with E-state index in [2.05, 4.69) is 15.6 Å². The van der Waals surface area contributed by atoms with Crippen LogP contribution in [0.5, 0.6) is 0 Å². The fraction of sp³-hybridized carbons (Fsp3) is 0.300. The maximum Gasteiger partial charge on any atom is 0.253 e. The summed E-state index contributed by atoms with van der Waals surface area (Å²) in [5.41, 5.74) is 1.94. The fourth-order valence-electron chi connectivity index (χ4n) is 2.49. The smallest absolute Gasteiger partial charge is 0.253 e. The standard InChI is InChI=1S/C20H24F2N4O.HI/c1-23-20(24-12-11-15-5-4-6-17(21)18(15)22)25-13-14-7-9-16(10-8-14)19(27)26(2)3;/h4-10H,11-13H2,1-3H3,(H2,23,24,25);1H. The summed E-state index contributed by atoms with van der Waals surface area (Å²) in [5, 5.41) is 6.21. The van der Waals surface area contributed by atoms with Gasteiger partial charge in [0.15, 0.2) is 17.6 Å². The Morgan fingerprint density at radius 2 is 1.75 bits per heavy atom. The highest BCUT2D eigenvalue weighted by molar-refractivity contribution is 14.0. The number of aliphatic imine (C=N–C) groups is 1. The van der Waals surface area contributed by atoms with Crippen LogP contribution in [-0.2, 0) is 13.0 Å². The molecule has 28 heavy (non-hydrogen) atoms. The number of hydrogen-bond donors (Lipinski definition) is 2. The van der Waals surface area contributed by atoms with Gasteiger partial charge < -0.3 is 15.5 Å². The molecule has 2 rings (SSSR count). The number of nitrogens with zero attached hydrogens (tertiary/aromatic N) is 2. The summed E-state index contributed by atoms with van der Waals surface area (Å²) in [6.07, 6.45) is 0.339. The average molecular weight is 502 g/mol. The molecule has 2 N–H and O–H groups in total. The summed E-state index contributed by atoms with van der Waals surface area (Å²) in [6.45, 7) is 0.931. The van der Waals surface area contributed by atoms with Crippen LogP contribution in [0, 0.1) is 11.6 Å². The van der Waals surface area contributed by atoms with Crippen molar-refractivity contribution in [2.75, 3.05) is 27.7 Å². The Morgan fingerprint density at radius 3 is 2.36 bits per heavy atom. The highest BCUT2D eigenvalue weighted by Crippen LogP contribution is 2.11. The van der Waals surface area contributed by atoms with Gasteiger partial charge in [-0.1, -0.05) is 24.3 Å². The van der Waals surface area contributed by atoms with Crippen molar-refractivity contribution in [3.63, 3.8) is 0 Å². The molecule has 5 nitrogen and oxygen atoms in total. The van der Waals surface area contributed by atoms with Crippen LogP contribution in [-0.4, -0.2) is 44.5 Å². The van der Waals surface area contributed by atoms with E-state index in [0.29, 0.717) is 36.6 Å². The van der Waals surface area contributed by atoms with Crippen molar-refractivity contribution in [2.45, 2.75) is 13.0 Å². The van der Waals surface area contributed by atoms with Gasteiger partial charge in [0.2, 0.25) is 0 Å². The summed E-state index contributed by atoms with van der Waals surface area (Å²) in [5.74, 6) is -1.14. The number of hydrogen-bond acceptors (Lipinski definition) is 2. The van der Waals surface area contributed by atoms with Crippen LogP contribution in [0.1, 0.15) is 21.5 Å². The molecule has 0 aromatic heterocycles. The van der Waals surface area contributed by atoms with E-state index in [9.17, 15) is 13.6 Å². The number of rotatable bonds is 6. The summed E-state index contributed by atoms with van der Waals surface area (Å²) >= 11 is 0. The number of halogens is 3. The molecule has 0 aliphatic carbocycles. The van der Waals surface area contributed by atoms with Gasteiger partial charge >= 0.3 is 0 Å². The Bertz CT molecular complexity index is 810. The largest absolute Gasteiger partial charge is 0.356 e. The van der Waals surface area contributed by atoms with Gasteiger partial charge in [0.05, 0.1) is 0 Å². The van der Waals surface area contributed by atoms with Gasteiger partial charge in [0.25, 0.3) is 5.91 Å². The molecule has 0 unspecified atom stereocenters. The molecule has 0 heterocycles. The third kappa shape index (κ3) is 6.74. The maximum absolute atomic E-state index is 13.6. The Morgan fingerprint density at radius 1 is 1.07 bits per heavy atom. The first kappa shape index (κ1) is 23.8. The molecule has 0 saturated carbocycles. The summed E-state index contributed by atoms with van der Waals surface area (Å²) in [4.78, 5) is 17.5. The van der Waals surface area contributed by atoms with Crippen molar-refractivity contribution < 1.29 is 13.6 Å². The van der Waals surface area contributed by atoms with Crippen LogP contribution in [0.2, 0.25) is 0 Å². The zero-order chi connectivity index (χ0) is 19.8. The second-order valence-electron chi connectivity index (χ2n) is 6.21. The molecule has 8 heteroatoms. The average Bonchev–Trinajstić information content (AvgIpc) is 2.67. The molecule has 1 amide bonds. The van der Waals surface area contributed by atoms with E-state index in [-0.39, 0.29) is 29.9 Å². The van der Waals surface area contributed by atoms with Crippen LogP contribution in [0.15, 0.2) is 47.5 Å². The highest BCUT2D eigenvalue weighted by atomic mass is 127. The van der Waals surface area contributed by atoms with Crippen LogP contribution in [0.25, 0.3) is 0 Å². The van der Waals surface area contributed by atoms with Crippen LogP contribution >= 0.6 is 24.0 Å². The number of nitrogens with one attached hydrogen (secondary N) is 2. The lowest BCUT2D eigenvalue weighted by Gasteiger charge is -2.13. The SMILES string of the molecule is CN=C(NCCc1cccc(F)c1F)NCc1ccc(C(=O)N(C)C)cc1.I. The quantitative estimate of drug-likeness (QED) is 0.363. The van der Waals surface area contributed by atoms with Gasteiger partial charge in [-0.25, -0.2) is 8.78 Å². The van der Waals surface area contributed by atoms with E-state index in [1.807, 2.05) is 12.1 Å². The normalized spacial score (nSPS) is 10.8. The van der Waals surface area contributed by atoms with Crippen molar-refractivity contribution in [2.24, 2.45) is 4.99 Å². The summed E-state index contributed by atoms with van der Waals surface area (Å²) < 4.78 is 26.8. The van der Waals surface area contributed by atoms with E-state index in [4.69, 9.17) is 0 Å². The Kier molecular flexibility index (Phi) is 9.84. The Balaban J connectivity index is 0.00000392. The number of benzene rings is 2. The van der Waals surface area contributed by atoms with Crippen molar-refractivity contribution in [3.8, 4) is 0 Å². The molecular formula is C20H25F2IN4O. The summed E-state index contributed by atoms with van der Waals surface area (Å²) in [6, 6.07) is 11.5. The first-order valence-electron chi connectivity index (χ1n) is 8.60. The van der Waals surface area contributed by atoms with Gasteiger partial charge in [-0.15, -0.1) is 24.0 Å². The molecule has 0 atom stereocenters. The lowest BCUT2D eigenvalue weighted by Crippen LogP contribution is -2.37. The predicted molar refractivity (Wildman–Crippen MR) is 118 cm³/mol. The number of guanidine groups is 1. The van der Waals surface area contributed by atoms with Gasteiger partial charge in [-0.2, -0.15) is 0 Å². The van der Waals surface area contributed by atoms with Crippen molar-refractivity contribution in [1.82, 2.24) is 15.5 Å². The Hall–Kier alpha value is -2.23. The third-order valence-corrected chi connectivity index (χ3v) is 4.01. The fourth-order valence-corrected chi connectivity index (χ4v) is 2.49. The van der Waals surface area contributed by atoms with Crippen LogP contribution < -0.4 is 10.6 Å². The predicted octanol–water partition coefficient (Wildman–Crippen LogP) is 3.19. The molecule has 0 aliphatic rings. The molecule has 2 aromatic rings. The van der Waals surface area contributed by atoms with Gasteiger partial charge in [-0.3, -0.25) is 9.79 Å². The minimum Gasteiger partial charge on any atom is -0.356 e. The zero-order valence-electron chi connectivity index (χ0n) is 16.1. The molecule has 0 spiro atoms. The van der Waals surface area contributed by atoms with Crippen molar-refractivity contribution in [1.29, 1.82) is 0 Å². The molecule has 0 saturated heterocycles.